The Morgan fingerprint density at radius 2 is 2.25 bits per heavy atom. The topological polar surface area (TPSA) is 41.6 Å². The van der Waals surface area contributed by atoms with E-state index >= 15 is 0 Å². The van der Waals surface area contributed by atoms with Gasteiger partial charge in [-0.3, -0.25) is 0 Å². The monoisotopic (exact) mass is 224 g/mol. The molecular formula is C12H20N2O2. The van der Waals surface area contributed by atoms with Crippen LogP contribution < -0.4 is 5.32 Å². The lowest BCUT2D eigenvalue weighted by Gasteiger charge is -2.26. The fraction of sp³-hybridized carbons (Fsp3) is 0.750. The number of amides is 2. The summed E-state index contributed by atoms with van der Waals surface area (Å²) >= 11 is 0. The van der Waals surface area contributed by atoms with Gasteiger partial charge in [0.05, 0.1) is 13.2 Å². The van der Waals surface area contributed by atoms with Gasteiger partial charge in [0, 0.05) is 19.6 Å². The molecule has 0 unspecified atom stereocenters. The molecule has 0 radical (unpaired) electrons. The molecule has 1 aliphatic carbocycles. The molecule has 2 amide bonds. The molecule has 0 aromatic rings. The number of nitrogens with zero attached hydrogens (tertiary/aromatic N) is 1. The van der Waals surface area contributed by atoms with Crippen LogP contribution in [0.2, 0.25) is 0 Å². The summed E-state index contributed by atoms with van der Waals surface area (Å²) in [4.78, 5) is 13.5. The van der Waals surface area contributed by atoms with Crippen LogP contribution in [0.25, 0.3) is 0 Å². The van der Waals surface area contributed by atoms with Gasteiger partial charge in [0.25, 0.3) is 0 Å². The van der Waals surface area contributed by atoms with Crippen LogP contribution in [0, 0.1) is 0 Å². The normalized spacial score (nSPS) is 20.8. The molecule has 0 aromatic heterocycles. The van der Waals surface area contributed by atoms with Crippen molar-refractivity contribution in [2.75, 3.05) is 32.8 Å². The Kier molecular flexibility index (Phi) is 4.22. The fourth-order valence-corrected chi connectivity index (χ4v) is 2.17. The summed E-state index contributed by atoms with van der Waals surface area (Å²) in [7, 11) is 0. The number of urea groups is 1. The molecule has 16 heavy (non-hydrogen) atoms. The number of carbonyl (C=O) groups is 1. The molecule has 1 heterocycles. The molecule has 1 aliphatic heterocycles. The zero-order chi connectivity index (χ0) is 11.2. The molecule has 1 fully saturated rings. The maximum Gasteiger partial charge on any atom is 0.317 e. The average molecular weight is 224 g/mol. The molecule has 90 valence electrons. The fourth-order valence-electron chi connectivity index (χ4n) is 2.17. The van der Waals surface area contributed by atoms with Gasteiger partial charge in [0.1, 0.15) is 0 Å². The summed E-state index contributed by atoms with van der Waals surface area (Å²) in [6.07, 6.45) is 7.03. The minimum atomic E-state index is 0.0573. The van der Waals surface area contributed by atoms with Crippen LogP contribution >= 0.6 is 0 Å². The third-order valence-electron chi connectivity index (χ3n) is 3.16. The number of allylic oxidation sites excluding steroid dienone is 1. The highest BCUT2D eigenvalue weighted by molar-refractivity contribution is 5.74. The molecule has 1 saturated heterocycles. The molecule has 2 aliphatic rings. The van der Waals surface area contributed by atoms with Gasteiger partial charge in [-0.1, -0.05) is 11.6 Å². The van der Waals surface area contributed by atoms with Crippen molar-refractivity contribution in [3.05, 3.63) is 11.6 Å². The zero-order valence-electron chi connectivity index (χ0n) is 9.71. The second kappa shape index (κ2) is 5.89. The number of nitrogens with one attached hydrogen (secondary N) is 1. The summed E-state index contributed by atoms with van der Waals surface area (Å²) in [5.74, 6) is 0. The first-order valence-corrected chi connectivity index (χ1v) is 6.15. The minimum absolute atomic E-state index is 0.0573. The summed E-state index contributed by atoms with van der Waals surface area (Å²) in [5.41, 5.74) is 1.50. The molecule has 0 atom stereocenters. The lowest BCUT2D eigenvalue weighted by atomic mass is 10.2. The van der Waals surface area contributed by atoms with Crippen LogP contribution in [0.4, 0.5) is 4.79 Å². The second-order valence-corrected chi connectivity index (χ2v) is 4.34. The van der Waals surface area contributed by atoms with E-state index in [9.17, 15) is 4.79 Å². The van der Waals surface area contributed by atoms with E-state index in [2.05, 4.69) is 11.4 Å². The first-order valence-electron chi connectivity index (χ1n) is 6.15. The molecule has 4 heteroatoms. The van der Waals surface area contributed by atoms with Gasteiger partial charge in [0.15, 0.2) is 0 Å². The van der Waals surface area contributed by atoms with Crippen molar-refractivity contribution < 1.29 is 9.53 Å². The third-order valence-corrected chi connectivity index (χ3v) is 3.16. The van der Waals surface area contributed by atoms with E-state index in [0.717, 1.165) is 13.0 Å². The van der Waals surface area contributed by atoms with Gasteiger partial charge in [-0.25, -0.2) is 4.79 Å². The Bertz CT molecular complexity index is 270. The van der Waals surface area contributed by atoms with E-state index in [1.165, 1.54) is 24.8 Å². The van der Waals surface area contributed by atoms with Gasteiger partial charge in [-0.15, -0.1) is 0 Å². The molecular weight excluding hydrogens is 204 g/mol. The maximum absolute atomic E-state index is 11.7. The van der Waals surface area contributed by atoms with Gasteiger partial charge >= 0.3 is 6.03 Å². The standard InChI is InChI=1S/C12H20N2O2/c15-12(14-7-9-16-10-8-14)13-6-5-11-3-1-2-4-11/h3H,1-2,4-10H2,(H,13,15). The Hall–Kier alpha value is -1.03. The lowest BCUT2D eigenvalue weighted by molar-refractivity contribution is 0.0533. The SMILES string of the molecule is O=C(NCCC1=CCCC1)N1CCOCC1. The van der Waals surface area contributed by atoms with Crippen molar-refractivity contribution in [2.24, 2.45) is 0 Å². The van der Waals surface area contributed by atoms with Gasteiger partial charge < -0.3 is 15.0 Å². The van der Waals surface area contributed by atoms with Gasteiger partial charge in [-0.05, 0) is 25.7 Å². The third kappa shape index (κ3) is 3.23. The number of hydrogen-bond donors (Lipinski definition) is 1. The second-order valence-electron chi connectivity index (χ2n) is 4.34. The molecule has 1 N–H and O–H groups in total. The van der Waals surface area contributed by atoms with E-state index in [1.54, 1.807) is 0 Å². The first kappa shape index (κ1) is 11.5. The van der Waals surface area contributed by atoms with Crippen LogP contribution in [0.1, 0.15) is 25.7 Å². The maximum atomic E-state index is 11.7. The molecule has 0 saturated carbocycles. The van der Waals surface area contributed by atoms with E-state index in [1.807, 2.05) is 4.90 Å². The molecule has 2 rings (SSSR count). The van der Waals surface area contributed by atoms with Crippen molar-refractivity contribution in [2.45, 2.75) is 25.7 Å². The number of hydrogen-bond acceptors (Lipinski definition) is 2. The van der Waals surface area contributed by atoms with Crippen LogP contribution in [-0.2, 0) is 4.74 Å². The summed E-state index contributed by atoms with van der Waals surface area (Å²) < 4.78 is 5.20. The smallest absolute Gasteiger partial charge is 0.317 e. The predicted octanol–water partition coefficient (Wildman–Crippen LogP) is 1.53. The Balaban J connectivity index is 1.63. The van der Waals surface area contributed by atoms with Crippen LogP contribution in [0.15, 0.2) is 11.6 Å². The highest BCUT2D eigenvalue weighted by Crippen LogP contribution is 2.19. The van der Waals surface area contributed by atoms with E-state index in [-0.39, 0.29) is 6.03 Å². The largest absolute Gasteiger partial charge is 0.378 e. The van der Waals surface area contributed by atoms with Crippen molar-refractivity contribution in [1.82, 2.24) is 10.2 Å². The van der Waals surface area contributed by atoms with E-state index < -0.39 is 0 Å². The molecule has 0 spiro atoms. The highest BCUT2D eigenvalue weighted by Gasteiger charge is 2.16. The highest BCUT2D eigenvalue weighted by atomic mass is 16.5. The summed E-state index contributed by atoms with van der Waals surface area (Å²) in [6, 6.07) is 0.0573. The van der Waals surface area contributed by atoms with E-state index in [4.69, 9.17) is 4.74 Å². The average Bonchev–Trinajstić information content (AvgIpc) is 2.83. The summed E-state index contributed by atoms with van der Waals surface area (Å²) in [5, 5.41) is 2.97. The number of carbonyl (C=O) groups excluding carboxylic acids is 1. The van der Waals surface area contributed by atoms with Crippen molar-refractivity contribution in [1.29, 1.82) is 0 Å². The Morgan fingerprint density at radius 3 is 2.94 bits per heavy atom. The van der Waals surface area contributed by atoms with Crippen molar-refractivity contribution >= 4 is 6.03 Å². The van der Waals surface area contributed by atoms with E-state index in [0.29, 0.717) is 26.3 Å². The van der Waals surface area contributed by atoms with Gasteiger partial charge in [-0.2, -0.15) is 0 Å². The minimum Gasteiger partial charge on any atom is -0.378 e. The number of rotatable bonds is 3. The van der Waals surface area contributed by atoms with Crippen LogP contribution in [-0.4, -0.2) is 43.8 Å². The zero-order valence-corrected chi connectivity index (χ0v) is 9.71. The summed E-state index contributed by atoms with van der Waals surface area (Å²) in [6.45, 7) is 3.53. The van der Waals surface area contributed by atoms with Crippen LogP contribution in [0.5, 0.6) is 0 Å². The Labute approximate surface area is 96.6 Å². The molecule has 0 bridgehead atoms. The molecule has 4 nitrogen and oxygen atoms in total. The predicted molar refractivity (Wildman–Crippen MR) is 62.3 cm³/mol. The molecule has 0 aromatic carbocycles. The Morgan fingerprint density at radius 1 is 1.44 bits per heavy atom. The van der Waals surface area contributed by atoms with Crippen LogP contribution in [0.3, 0.4) is 0 Å². The number of morpholine rings is 1. The lowest BCUT2D eigenvalue weighted by Crippen LogP contribution is -2.46. The number of ether oxygens (including phenoxy) is 1. The van der Waals surface area contributed by atoms with Crippen molar-refractivity contribution in [3.8, 4) is 0 Å². The van der Waals surface area contributed by atoms with Gasteiger partial charge in [0.2, 0.25) is 0 Å². The van der Waals surface area contributed by atoms with Crippen molar-refractivity contribution in [3.63, 3.8) is 0 Å². The first-order chi connectivity index (χ1) is 7.86. The quantitative estimate of drug-likeness (QED) is 0.739.